The molecule has 4 N–H and O–H groups in total. The average Bonchev–Trinajstić information content (AvgIpc) is 2.27. The summed E-state index contributed by atoms with van der Waals surface area (Å²) in [5.41, 5.74) is 5.13. The molecular formula is C9H11F2N3O3S. The summed E-state index contributed by atoms with van der Waals surface area (Å²) in [7, 11) is -4.10. The first-order valence-electron chi connectivity index (χ1n) is 4.78. The van der Waals surface area contributed by atoms with E-state index in [2.05, 4.69) is 5.16 Å². The highest BCUT2D eigenvalue weighted by atomic mass is 32.2. The van der Waals surface area contributed by atoms with E-state index in [0.717, 1.165) is 12.1 Å². The van der Waals surface area contributed by atoms with Gasteiger partial charge in [-0.2, -0.15) is 0 Å². The fraction of sp³-hybridized carbons (Fsp3) is 0.222. The Hall–Kier alpha value is -1.74. The van der Waals surface area contributed by atoms with Crippen molar-refractivity contribution < 1.29 is 22.4 Å². The Kier molecular flexibility index (Phi) is 4.56. The molecule has 0 atom stereocenters. The van der Waals surface area contributed by atoms with Crippen LogP contribution in [0.5, 0.6) is 0 Å². The van der Waals surface area contributed by atoms with Crippen LogP contribution in [-0.2, 0) is 10.0 Å². The Morgan fingerprint density at radius 2 is 2.11 bits per heavy atom. The molecule has 0 unspecified atom stereocenters. The standard InChI is InChI=1S/C9H11F2N3O3S/c10-6-1-2-8(7(11)5-6)18(16,17)13-4-3-9(12)14-15/h1-2,5,13,15H,3-4H2,(H2,12,14). The monoisotopic (exact) mass is 279 g/mol. The number of nitrogens with two attached hydrogens (primary N) is 1. The van der Waals surface area contributed by atoms with Gasteiger partial charge < -0.3 is 10.9 Å². The average molecular weight is 279 g/mol. The maximum Gasteiger partial charge on any atom is 0.243 e. The van der Waals surface area contributed by atoms with Gasteiger partial charge in [-0.15, -0.1) is 0 Å². The molecule has 1 rings (SSSR count). The zero-order chi connectivity index (χ0) is 13.8. The van der Waals surface area contributed by atoms with E-state index >= 15 is 0 Å². The number of benzene rings is 1. The minimum atomic E-state index is -4.10. The maximum absolute atomic E-state index is 13.3. The number of rotatable bonds is 5. The third-order valence-electron chi connectivity index (χ3n) is 1.99. The van der Waals surface area contributed by atoms with Crippen LogP contribution in [0.15, 0.2) is 28.3 Å². The van der Waals surface area contributed by atoms with Gasteiger partial charge in [-0.1, -0.05) is 5.16 Å². The summed E-state index contributed by atoms with van der Waals surface area (Å²) in [6.07, 6.45) is -0.0431. The van der Waals surface area contributed by atoms with Gasteiger partial charge in [0.15, 0.2) is 0 Å². The Morgan fingerprint density at radius 1 is 1.44 bits per heavy atom. The van der Waals surface area contributed by atoms with Gasteiger partial charge in [0.2, 0.25) is 10.0 Å². The molecular weight excluding hydrogens is 268 g/mol. The van der Waals surface area contributed by atoms with Gasteiger partial charge >= 0.3 is 0 Å². The molecule has 0 saturated heterocycles. The summed E-state index contributed by atoms with van der Waals surface area (Å²) in [6.45, 7) is -0.172. The van der Waals surface area contributed by atoms with Crippen LogP contribution in [0.1, 0.15) is 6.42 Å². The third-order valence-corrected chi connectivity index (χ3v) is 3.48. The molecule has 0 fully saturated rings. The van der Waals surface area contributed by atoms with Gasteiger partial charge in [0.25, 0.3) is 0 Å². The smallest absolute Gasteiger partial charge is 0.243 e. The molecule has 9 heteroatoms. The van der Waals surface area contributed by atoms with Crippen molar-refractivity contribution in [3.05, 3.63) is 29.8 Å². The van der Waals surface area contributed by atoms with Crippen molar-refractivity contribution in [2.45, 2.75) is 11.3 Å². The van der Waals surface area contributed by atoms with E-state index in [9.17, 15) is 17.2 Å². The largest absolute Gasteiger partial charge is 0.409 e. The van der Waals surface area contributed by atoms with Crippen molar-refractivity contribution in [3.8, 4) is 0 Å². The summed E-state index contributed by atoms with van der Waals surface area (Å²) in [5.74, 6) is -2.23. The Bertz CT molecular complexity index is 560. The molecule has 1 aromatic carbocycles. The second kappa shape index (κ2) is 5.74. The van der Waals surface area contributed by atoms with Crippen LogP contribution >= 0.6 is 0 Å². The fourth-order valence-corrected chi connectivity index (χ4v) is 2.22. The molecule has 0 amide bonds. The summed E-state index contributed by atoms with van der Waals surface area (Å²) in [4.78, 5) is -0.664. The van der Waals surface area contributed by atoms with Crippen LogP contribution in [0, 0.1) is 11.6 Å². The van der Waals surface area contributed by atoms with E-state index in [-0.39, 0.29) is 18.8 Å². The Morgan fingerprint density at radius 3 is 2.67 bits per heavy atom. The molecule has 0 radical (unpaired) electrons. The number of hydrogen-bond acceptors (Lipinski definition) is 4. The molecule has 18 heavy (non-hydrogen) atoms. The molecule has 0 saturated carbocycles. The van der Waals surface area contributed by atoms with Crippen molar-refractivity contribution >= 4 is 15.9 Å². The van der Waals surface area contributed by atoms with Crippen LogP contribution in [0.4, 0.5) is 8.78 Å². The van der Waals surface area contributed by atoms with E-state index in [1.807, 2.05) is 4.72 Å². The lowest BCUT2D eigenvalue weighted by Gasteiger charge is -2.07. The quantitative estimate of drug-likeness (QED) is 0.313. The van der Waals surface area contributed by atoms with Gasteiger partial charge in [0.1, 0.15) is 22.4 Å². The summed E-state index contributed by atoms with van der Waals surface area (Å²) in [5, 5.41) is 10.9. The molecule has 0 aromatic heterocycles. The van der Waals surface area contributed by atoms with E-state index < -0.39 is 26.6 Å². The fourth-order valence-electron chi connectivity index (χ4n) is 1.13. The van der Waals surface area contributed by atoms with E-state index in [1.165, 1.54) is 0 Å². The molecule has 1 aromatic rings. The van der Waals surface area contributed by atoms with E-state index in [0.29, 0.717) is 6.07 Å². The molecule has 100 valence electrons. The minimum Gasteiger partial charge on any atom is -0.409 e. The second-order valence-corrected chi connectivity index (χ2v) is 5.05. The number of amidine groups is 1. The lowest BCUT2D eigenvalue weighted by molar-refractivity contribution is 0.317. The number of halogens is 2. The first-order valence-corrected chi connectivity index (χ1v) is 6.26. The molecule has 6 nitrogen and oxygen atoms in total. The predicted molar refractivity (Wildman–Crippen MR) is 59.6 cm³/mol. The van der Waals surface area contributed by atoms with Crippen LogP contribution in [0.2, 0.25) is 0 Å². The molecule has 0 spiro atoms. The van der Waals surface area contributed by atoms with Crippen molar-refractivity contribution in [1.82, 2.24) is 4.72 Å². The van der Waals surface area contributed by atoms with Crippen LogP contribution < -0.4 is 10.5 Å². The summed E-state index contributed by atoms with van der Waals surface area (Å²) in [6, 6.07) is 2.12. The minimum absolute atomic E-state index is 0.0431. The second-order valence-electron chi connectivity index (χ2n) is 3.31. The number of sulfonamides is 1. The molecule has 0 aliphatic rings. The summed E-state index contributed by atoms with van der Waals surface area (Å²) >= 11 is 0. The highest BCUT2D eigenvalue weighted by Crippen LogP contribution is 2.14. The van der Waals surface area contributed by atoms with Crippen molar-refractivity contribution in [2.75, 3.05) is 6.54 Å². The molecule has 0 heterocycles. The highest BCUT2D eigenvalue weighted by Gasteiger charge is 2.18. The van der Waals surface area contributed by atoms with Gasteiger partial charge in [-0.3, -0.25) is 0 Å². The highest BCUT2D eigenvalue weighted by molar-refractivity contribution is 7.89. The zero-order valence-corrected chi connectivity index (χ0v) is 9.92. The van der Waals surface area contributed by atoms with E-state index in [4.69, 9.17) is 10.9 Å². The Labute approximate surface area is 102 Å². The van der Waals surface area contributed by atoms with Crippen LogP contribution in [-0.4, -0.2) is 26.0 Å². The number of nitrogens with zero attached hydrogens (tertiary/aromatic N) is 1. The topological polar surface area (TPSA) is 105 Å². The first-order chi connectivity index (χ1) is 8.36. The number of hydrogen-bond donors (Lipinski definition) is 3. The van der Waals surface area contributed by atoms with Crippen molar-refractivity contribution in [2.24, 2.45) is 10.9 Å². The molecule has 0 aliphatic carbocycles. The van der Waals surface area contributed by atoms with Gasteiger partial charge in [0, 0.05) is 19.0 Å². The first kappa shape index (κ1) is 14.3. The summed E-state index contributed by atoms with van der Waals surface area (Å²) < 4.78 is 51.1. The van der Waals surface area contributed by atoms with Gasteiger partial charge in [0.05, 0.1) is 0 Å². The lowest BCUT2D eigenvalue weighted by atomic mass is 10.3. The maximum atomic E-state index is 13.3. The number of nitrogens with one attached hydrogen (secondary N) is 1. The molecule has 0 bridgehead atoms. The van der Waals surface area contributed by atoms with Crippen molar-refractivity contribution in [1.29, 1.82) is 0 Å². The van der Waals surface area contributed by atoms with E-state index in [1.54, 1.807) is 0 Å². The van der Waals surface area contributed by atoms with Crippen molar-refractivity contribution in [3.63, 3.8) is 0 Å². The number of oxime groups is 1. The van der Waals surface area contributed by atoms with Gasteiger partial charge in [-0.05, 0) is 12.1 Å². The Balaban J connectivity index is 2.81. The normalized spacial score (nSPS) is 12.7. The van der Waals surface area contributed by atoms with Crippen LogP contribution in [0.3, 0.4) is 0 Å². The molecule has 0 aliphatic heterocycles. The van der Waals surface area contributed by atoms with Gasteiger partial charge in [-0.25, -0.2) is 21.9 Å². The predicted octanol–water partition coefficient (Wildman–Crippen LogP) is 0.380. The SMILES string of the molecule is NC(CCNS(=O)(=O)c1ccc(F)cc1F)=NO. The zero-order valence-electron chi connectivity index (χ0n) is 9.10. The van der Waals surface area contributed by atoms with Crippen LogP contribution in [0.25, 0.3) is 0 Å². The third kappa shape index (κ3) is 3.64. The lowest BCUT2D eigenvalue weighted by Crippen LogP contribution is -2.28.